The van der Waals surface area contributed by atoms with Crippen LogP contribution in [0.15, 0.2) is 59.9 Å². The number of carbonyl (C=O) groups is 2. The van der Waals surface area contributed by atoms with Crippen LogP contribution in [0.2, 0.25) is 0 Å². The van der Waals surface area contributed by atoms with E-state index in [1.807, 2.05) is 36.1 Å². The molecule has 1 aliphatic rings. The second-order valence-corrected chi connectivity index (χ2v) is 9.07. The van der Waals surface area contributed by atoms with Crippen molar-refractivity contribution in [2.24, 2.45) is 0 Å². The number of nitrogens with one attached hydrogen (secondary N) is 2. The molecule has 0 saturated carbocycles. The molecule has 0 aliphatic carbocycles. The summed E-state index contributed by atoms with van der Waals surface area (Å²) in [7, 11) is 0. The van der Waals surface area contributed by atoms with Gasteiger partial charge in [0.1, 0.15) is 24.0 Å². The highest BCUT2D eigenvalue weighted by molar-refractivity contribution is 9.10. The molecule has 1 aliphatic heterocycles. The van der Waals surface area contributed by atoms with Crippen LogP contribution in [0.1, 0.15) is 13.3 Å². The molecular weight excluding hydrogens is 514 g/mol. The van der Waals surface area contributed by atoms with E-state index < -0.39 is 0 Å². The van der Waals surface area contributed by atoms with Gasteiger partial charge in [-0.1, -0.05) is 28.6 Å². The minimum Gasteiger partial charge on any atom is -0.491 e. The van der Waals surface area contributed by atoms with E-state index in [4.69, 9.17) is 9.47 Å². The number of anilines is 3. The predicted molar refractivity (Wildman–Crippen MR) is 138 cm³/mol. The second kappa shape index (κ2) is 11.3. The molecule has 4 rings (SSSR count). The van der Waals surface area contributed by atoms with Crippen molar-refractivity contribution in [2.75, 3.05) is 36.9 Å². The van der Waals surface area contributed by atoms with Crippen LogP contribution in [-0.4, -0.2) is 59.1 Å². The maximum atomic E-state index is 12.1. The lowest BCUT2D eigenvalue weighted by atomic mass is 10.1. The molecular formula is C25H26BrN5O4. The number of nitrogens with zero attached hydrogens (tertiary/aromatic N) is 3. The largest absolute Gasteiger partial charge is 0.491 e. The Morgan fingerprint density at radius 1 is 1.34 bits per heavy atom. The molecule has 9 nitrogen and oxygen atoms in total. The molecule has 2 heterocycles. The van der Waals surface area contributed by atoms with Gasteiger partial charge in [-0.05, 0) is 43.7 Å². The van der Waals surface area contributed by atoms with Gasteiger partial charge in [0.15, 0.2) is 0 Å². The Kier molecular flexibility index (Phi) is 7.94. The van der Waals surface area contributed by atoms with Crippen molar-refractivity contribution in [1.29, 1.82) is 0 Å². The van der Waals surface area contributed by atoms with Crippen LogP contribution in [-0.2, 0) is 14.3 Å². The van der Waals surface area contributed by atoms with Crippen LogP contribution in [0.3, 0.4) is 0 Å². The molecule has 1 fully saturated rings. The molecule has 35 heavy (non-hydrogen) atoms. The number of esters is 1. The van der Waals surface area contributed by atoms with E-state index >= 15 is 0 Å². The fourth-order valence-corrected chi connectivity index (χ4v) is 4.24. The highest BCUT2D eigenvalue weighted by Gasteiger charge is 2.23. The predicted octanol–water partition coefficient (Wildman–Crippen LogP) is 4.28. The summed E-state index contributed by atoms with van der Waals surface area (Å²) in [4.78, 5) is 34.6. The van der Waals surface area contributed by atoms with Crippen LogP contribution in [0.4, 0.5) is 17.2 Å². The number of benzene rings is 2. The highest BCUT2D eigenvalue weighted by atomic mass is 79.9. The van der Waals surface area contributed by atoms with Crippen molar-refractivity contribution in [3.05, 3.63) is 59.9 Å². The third kappa shape index (κ3) is 6.55. The quantitative estimate of drug-likeness (QED) is 0.236. The Balaban J connectivity index is 1.53. The summed E-state index contributed by atoms with van der Waals surface area (Å²) in [6.45, 7) is 7.50. The van der Waals surface area contributed by atoms with Gasteiger partial charge in [0, 0.05) is 34.7 Å². The van der Waals surface area contributed by atoms with E-state index in [-0.39, 0.29) is 24.5 Å². The van der Waals surface area contributed by atoms with Crippen LogP contribution in [0.5, 0.6) is 5.75 Å². The first-order valence-corrected chi connectivity index (χ1v) is 12.0. The fraction of sp³-hybridized carbons (Fsp3) is 0.280. The Hall–Kier alpha value is -3.50. The van der Waals surface area contributed by atoms with E-state index in [9.17, 15) is 9.59 Å². The van der Waals surface area contributed by atoms with Gasteiger partial charge in [-0.25, -0.2) is 9.97 Å². The summed E-state index contributed by atoms with van der Waals surface area (Å²) in [6, 6.07) is 11.3. The maximum Gasteiger partial charge on any atom is 0.320 e. The number of cyclic esters (lactones) is 1. The minimum absolute atomic E-state index is 0.113. The lowest BCUT2D eigenvalue weighted by Gasteiger charge is -2.30. The molecule has 0 radical (unpaired) electrons. The van der Waals surface area contributed by atoms with Gasteiger partial charge in [-0.3, -0.25) is 14.5 Å². The summed E-state index contributed by atoms with van der Waals surface area (Å²) >= 11 is 3.47. The fourth-order valence-electron chi connectivity index (χ4n) is 3.84. The van der Waals surface area contributed by atoms with Crippen molar-refractivity contribution >= 4 is 55.9 Å². The third-order valence-corrected chi connectivity index (χ3v) is 5.84. The summed E-state index contributed by atoms with van der Waals surface area (Å²) < 4.78 is 12.1. The average molecular weight is 540 g/mol. The van der Waals surface area contributed by atoms with Crippen molar-refractivity contribution in [2.45, 2.75) is 19.4 Å². The topological polar surface area (TPSA) is 106 Å². The van der Waals surface area contributed by atoms with E-state index in [1.54, 1.807) is 12.1 Å². The Morgan fingerprint density at radius 2 is 2.20 bits per heavy atom. The van der Waals surface area contributed by atoms with Crippen molar-refractivity contribution in [1.82, 2.24) is 14.9 Å². The number of carbonyl (C=O) groups excluding carboxylic acids is 2. The number of ether oxygens (including phenoxy) is 2. The monoisotopic (exact) mass is 539 g/mol. The Morgan fingerprint density at radius 3 is 2.97 bits per heavy atom. The van der Waals surface area contributed by atoms with Crippen molar-refractivity contribution < 1.29 is 19.1 Å². The number of morpholine rings is 1. The van der Waals surface area contributed by atoms with E-state index in [0.717, 1.165) is 15.5 Å². The van der Waals surface area contributed by atoms with Gasteiger partial charge in [-0.2, -0.15) is 0 Å². The molecule has 2 N–H and O–H groups in total. The van der Waals surface area contributed by atoms with Crippen LogP contribution in [0.25, 0.3) is 10.9 Å². The molecule has 3 aromatic rings. The van der Waals surface area contributed by atoms with Crippen LogP contribution in [0, 0.1) is 0 Å². The number of hydrogen-bond acceptors (Lipinski definition) is 8. The SMILES string of the molecule is C=CC(=O)Nc1cc2c(Nc3cccc(Br)c3)ncnc2cc1OCCCN1CC(=O)OC(C)C1. The summed E-state index contributed by atoms with van der Waals surface area (Å²) in [5.41, 5.74) is 2.01. The lowest BCUT2D eigenvalue weighted by Crippen LogP contribution is -2.44. The number of amides is 1. The standard InChI is InChI=1S/C25H26BrN5O4/c1-3-23(32)30-21-11-19-20(27-15-28-25(19)29-18-7-4-6-17(26)10-18)12-22(21)34-9-5-8-31-13-16(2)35-24(33)14-31/h3-4,6-7,10-12,15-16H,1,5,8-9,13-14H2,2H3,(H,30,32)(H,27,28,29). The molecule has 1 aromatic heterocycles. The summed E-state index contributed by atoms with van der Waals surface area (Å²) in [6.07, 6.45) is 3.27. The molecule has 1 unspecified atom stereocenters. The zero-order valence-corrected chi connectivity index (χ0v) is 20.9. The van der Waals surface area contributed by atoms with Gasteiger partial charge in [0.05, 0.1) is 24.4 Å². The zero-order chi connectivity index (χ0) is 24.8. The van der Waals surface area contributed by atoms with Crippen LogP contribution >= 0.6 is 15.9 Å². The van der Waals surface area contributed by atoms with Crippen molar-refractivity contribution in [3.63, 3.8) is 0 Å². The molecule has 2 aromatic carbocycles. The smallest absolute Gasteiger partial charge is 0.320 e. The Bertz CT molecular complexity index is 1250. The van der Waals surface area contributed by atoms with Gasteiger partial charge in [-0.15, -0.1) is 0 Å². The summed E-state index contributed by atoms with van der Waals surface area (Å²) in [5.74, 6) is 0.528. The van der Waals surface area contributed by atoms with Gasteiger partial charge in [0.25, 0.3) is 0 Å². The molecule has 1 amide bonds. The Labute approximate surface area is 211 Å². The summed E-state index contributed by atoms with van der Waals surface area (Å²) in [5, 5.41) is 6.83. The minimum atomic E-state index is -0.353. The first-order chi connectivity index (χ1) is 16.9. The molecule has 1 saturated heterocycles. The molecule has 0 spiro atoms. The maximum absolute atomic E-state index is 12.1. The lowest BCUT2D eigenvalue weighted by molar-refractivity contribution is -0.157. The van der Waals surface area contributed by atoms with Gasteiger partial charge >= 0.3 is 5.97 Å². The number of fused-ring (bicyclic) bond motifs is 1. The number of rotatable bonds is 9. The highest BCUT2D eigenvalue weighted by Crippen LogP contribution is 2.33. The van der Waals surface area contributed by atoms with E-state index in [0.29, 0.717) is 48.9 Å². The first kappa shape index (κ1) is 24.6. The third-order valence-electron chi connectivity index (χ3n) is 5.34. The van der Waals surface area contributed by atoms with Crippen LogP contribution < -0.4 is 15.4 Å². The number of aromatic nitrogens is 2. The zero-order valence-electron chi connectivity index (χ0n) is 19.3. The first-order valence-electron chi connectivity index (χ1n) is 11.2. The van der Waals surface area contributed by atoms with E-state index in [2.05, 4.69) is 43.1 Å². The number of hydrogen-bond donors (Lipinski definition) is 2. The normalized spacial score (nSPS) is 15.9. The van der Waals surface area contributed by atoms with Gasteiger partial charge in [0.2, 0.25) is 5.91 Å². The molecule has 182 valence electrons. The molecule has 10 heteroatoms. The average Bonchev–Trinajstić information content (AvgIpc) is 2.81. The number of halogens is 1. The second-order valence-electron chi connectivity index (χ2n) is 8.15. The molecule has 1 atom stereocenters. The van der Waals surface area contributed by atoms with E-state index in [1.165, 1.54) is 12.4 Å². The van der Waals surface area contributed by atoms with Gasteiger partial charge < -0.3 is 20.1 Å². The van der Waals surface area contributed by atoms with Crippen molar-refractivity contribution in [3.8, 4) is 5.75 Å². The molecule has 0 bridgehead atoms.